The lowest BCUT2D eigenvalue weighted by Gasteiger charge is -2.24. The molecule has 2 atom stereocenters. The number of likely N-dealkylation sites (tertiary alicyclic amines) is 1. The van der Waals surface area contributed by atoms with E-state index in [2.05, 4.69) is 10.2 Å². The van der Waals surface area contributed by atoms with Gasteiger partial charge in [-0.05, 0) is 50.9 Å². The zero-order valence-corrected chi connectivity index (χ0v) is 12.4. The van der Waals surface area contributed by atoms with Crippen molar-refractivity contribution in [1.29, 1.82) is 0 Å². The van der Waals surface area contributed by atoms with E-state index in [9.17, 15) is 9.90 Å². The van der Waals surface area contributed by atoms with Crippen LogP contribution >= 0.6 is 11.6 Å². The van der Waals surface area contributed by atoms with Crippen molar-refractivity contribution in [1.82, 2.24) is 4.90 Å². The number of hydrogen-bond acceptors (Lipinski definition) is 3. The molecule has 110 valence electrons. The number of nitrogens with zero attached hydrogens (tertiary/aromatic N) is 1. The molecule has 1 aliphatic heterocycles. The zero-order valence-electron chi connectivity index (χ0n) is 11.7. The number of aliphatic hydroxyl groups excluding tert-OH is 1. The third-order valence-corrected chi connectivity index (χ3v) is 3.80. The Morgan fingerprint density at radius 2 is 2.40 bits per heavy atom. The Labute approximate surface area is 124 Å². The summed E-state index contributed by atoms with van der Waals surface area (Å²) in [4.78, 5) is 14.2. The van der Waals surface area contributed by atoms with Gasteiger partial charge < -0.3 is 10.4 Å². The Hall–Kier alpha value is -1.10. The molecule has 0 radical (unpaired) electrons. The second-order valence-electron chi connectivity index (χ2n) is 5.41. The summed E-state index contributed by atoms with van der Waals surface area (Å²) < 4.78 is 0. The maximum absolute atomic E-state index is 12.1. The van der Waals surface area contributed by atoms with Crippen LogP contribution in [0.1, 0.15) is 26.2 Å². The number of halogens is 1. The van der Waals surface area contributed by atoms with Crippen LogP contribution in [0.2, 0.25) is 5.02 Å². The minimum atomic E-state index is -0.323. The summed E-state index contributed by atoms with van der Waals surface area (Å²) >= 11 is 5.89. The summed E-state index contributed by atoms with van der Waals surface area (Å²) in [7, 11) is 0. The summed E-state index contributed by atoms with van der Waals surface area (Å²) in [5.41, 5.74) is 0.716. The van der Waals surface area contributed by atoms with Gasteiger partial charge >= 0.3 is 0 Å². The van der Waals surface area contributed by atoms with E-state index in [-0.39, 0.29) is 12.0 Å². The predicted octanol–water partition coefficient (Wildman–Crippen LogP) is 2.51. The molecule has 0 spiro atoms. The first-order chi connectivity index (χ1) is 9.54. The molecule has 1 heterocycles. The van der Waals surface area contributed by atoms with Crippen molar-refractivity contribution in [2.75, 3.05) is 18.4 Å². The summed E-state index contributed by atoms with van der Waals surface area (Å²) in [6.07, 6.45) is 2.54. The molecule has 0 aromatic heterocycles. The summed E-state index contributed by atoms with van der Waals surface area (Å²) in [6.45, 7) is 3.08. The van der Waals surface area contributed by atoms with Crippen molar-refractivity contribution in [2.45, 2.75) is 38.3 Å². The summed E-state index contributed by atoms with van der Waals surface area (Å²) in [5, 5.41) is 13.0. The lowest BCUT2D eigenvalue weighted by Crippen LogP contribution is -2.38. The van der Waals surface area contributed by atoms with E-state index in [1.54, 1.807) is 19.1 Å². The average molecular weight is 297 g/mol. The van der Waals surface area contributed by atoms with Gasteiger partial charge in [0.15, 0.2) is 0 Å². The predicted molar refractivity (Wildman–Crippen MR) is 81.0 cm³/mol. The molecule has 0 saturated carbocycles. The highest BCUT2D eigenvalue weighted by Gasteiger charge is 2.27. The Balaban J connectivity index is 1.87. The molecule has 2 unspecified atom stereocenters. The fourth-order valence-electron chi connectivity index (χ4n) is 2.72. The van der Waals surface area contributed by atoms with Crippen LogP contribution in [-0.4, -0.2) is 41.1 Å². The monoisotopic (exact) mass is 296 g/mol. The van der Waals surface area contributed by atoms with E-state index >= 15 is 0 Å². The van der Waals surface area contributed by atoms with Crippen LogP contribution in [-0.2, 0) is 4.79 Å². The van der Waals surface area contributed by atoms with Gasteiger partial charge in [0.05, 0.1) is 12.6 Å². The Morgan fingerprint density at radius 3 is 3.10 bits per heavy atom. The number of anilines is 1. The quantitative estimate of drug-likeness (QED) is 0.878. The first kappa shape index (κ1) is 15.3. The Morgan fingerprint density at radius 1 is 1.60 bits per heavy atom. The minimum Gasteiger partial charge on any atom is -0.393 e. The third kappa shape index (κ3) is 4.47. The van der Waals surface area contributed by atoms with Crippen LogP contribution < -0.4 is 5.32 Å². The van der Waals surface area contributed by atoms with Gasteiger partial charge in [0.2, 0.25) is 5.91 Å². The molecule has 1 aromatic rings. The molecule has 1 fully saturated rings. The van der Waals surface area contributed by atoms with Crippen LogP contribution in [0, 0.1) is 0 Å². The summed E-state index contributed by atoms with van der Waals surface area (Å²) in [6, 6.07) is 7.44. The number of nitrogens with one attached hydrogen (secondary N) is 1. The molecule has 2 rings (SSSR count). The van der Waals surface area contributed by atoms with Crippen LogP contribution in [0.4, 0.5) is 5.69 Å². The highest BCUT2D eigenvalue weighted by molar-refractivity contribution is 6.30. The highest BCUT2D eigenvalue weighted by atomic mass is 35.5. The van der Waals surface area contributed by atoms with Gasteiger partial charge in [-0.15, -0.1) is 0 Å². The van der Waals surface area contributed by atoms with Gasteiger partial charge in [0.1, 0.15) is 0 Å². The second kappa shape index (κ2) is 7.07. The number of carbonyl (C=O) groups is 1. The molecule has 1 aromatic carbocycles. The molecule has 1 aliphatic rings. The van der Waals surface area contributed by atoms with Crippen molar-refractivity contribution >= 4 is 23.2 Å². The number of amides is 1. The summed E-state index contributed by atoms with van der Waals surface area (Å²) in [5.74, 6) is -0.0373. The maximum atomic E-state index is 12.1. The number of benzene rings is 1. The lowest BCUT2D eigenvalue weighted by atomic mass is 10.1. The molecule has 0 aliphatic carbocycles. The Bertz CT molecular complexity index is 465. The molecule has 1 saturated heterocycles. The van der Waals surface area contributed by atoms with Crippen molar-refractivity contribution in [3.63, 3.8) is 0 Å². The van der Waals surface area contributed by atoms with Crippen LogP contribution in [0.5, 0.6) is 0 Å². The van der Waals surface area contributed by atoms with E-state index in [1.165, 1.54) is 0 Å². The normalized spacial score (nSPS) is 20.9. The van der Waals surface area contributed by atoms with E-state index < -0.39 is 0 Å². The van der Waals surface area contributed by atoms with Crippen LogP contribution in [0.3, 0.4) is 0 Å². The van der Waals surface area contributed by atoms with E-state index in [0.29, 0.717) is 23.3 Å². The molecular weight excluding hydrogens is 276 g/mol. The fourth-order valence-corrected chi connectivity index (χ4v) is 2.91. The van der Waals surface area contributed by atoms with E-state index in [0.717, 1.165) is 25.8 Å². The fraction of sp³-hybridized carbons (Fsp3) is 0.533. The minimum absolute atomic E-state index is 0.0373. The SMILES string of the molecule is CC(O)CC1CCCN1CC(=O)Nc1cccc(Cl)c1. The standard InChI is InChI=1S/C15H21ClN2O2/c1-11(19)8-14-6-3-7-18(14)10-15(20)17-13-5-2-4-12(16)9-13/h2,4-5,9,11,14,19H,3,6-8,10H2,1H3,(H,17,20). The maximum Gasteiger partial charge on any atom is 0.238 e. The van der Waals surface area contributed by atoms with Crippen LogP contribution in [0.15, 0.2) is 24.3 Å². The average Bonchev–Trinajstić information content (AvgIpc) is 2.75. The van der Waals surface area contributed by atoms with Gasteiger partial charge in [-0.25, -0.2) is 0 Å². The number of hydrogen-bond donors (Lipinski definition) is 2. The molecule has 4 nitrogen and oxygen atoms in total. The van der Waals surface area contributed by atoms with Crippen molar-refractivity contribution < 1.29 is 9.90 Å². The molecule has 0 bridgehead atoms. The van der Waals surface area contributed by atoms with Gasteiger partial charge in [0.25, 0.3) is 0 Å². The van der Waals surface area contributed by atoms with Crippen molar-refractivity contribution in [2.24, 2.45) is 0 Å². The molecule has 20 heavy (non-hydrogen) atoms. The van der Waals surface area contributed by atoms with Crippen LogP contribution in [0.25, 0.3) is 0 Å². The van der Waals surface area contributed by atoms with Gasteiger partial charge in [0, 0.05) is 16.8 Å². The smallest absolute Gasteiger partial charge is 0.238 e. The first-order valence-corrected chi connectivity index (χ1v) is 7.40. The topological polar surface area (TPSA) is 52.6 Å². The number of rotatable bonds is 5. The molecule has 2 N–H and O–H groups in total. The van der Waals surface area contributed by atoms with Gasteiger partial charge in [-0.1, -0.05) is 17.7 Å². The first-order valence-electron chi connectivity index (χ1n) is 7.02. The largest absolute Gasteiger partial charge is 0.393 e. The zero-order chi connectivity index (χ0) is 14.5. The Kier molecular flexibility index (Phi) is 5.40. The molecular formula is C15H21ClN2O2. The van der Waals surface area contributed by atoms with Crippen molar-refractivity contribution in [3.8, 4) is 0 Å². The van der Waals surface area contributed by atoms with E-state index in [4.69, 9.17) is 11.6 Å². The van der Waals surface area contributed by atoms with Gasteiger partial charge in [-0.3, -0.25) is 9.69 Å². The number of aliphatic hydroxyl groups is 1. The van der Waals surface area contributed by atoms with Crippen molar-refractivity contribution in [3.05, 3.63) is 29.3 Å². The highest BCUT2D eigenvalue weighted by Crippen LogP contribution is 2.21. The molecule has 1 amide bonds. The lowest BCUT2D eigenvalue weighted by molar-refractivity contribution is -0.117. The second-order valence-corrected chi connectivity index (χ2v) is 5.85. The molecule has 5 heteroatoms. The number of carbonyl (C=O) groups excluding carboxylic acids is 1. The van der Waals surface area contributed by atoms with Gasteiger partial charge in [-0.2, -0.15) is 0 Å². The van der Waals surface area contributed by atoms with E-state index in [1.807, 2.05) is 12.1 Å². The third-order valence-electron chi connectivity index (χ3n) is 3.57.